The molecular formula is C19H21NO. The zero-order valence-electron chi connectivity index (χ0n) is 12.6. The highest BCUT2D eigenvalue weighted by molar-refractivity contribution is 5.83. The fraction of sp³-hybridized carbons (Fsp3) is 0.316. The number of likely N-dealkylation sites (tertiary alicyclic amines) is 1. The third-order valence-electron chi connectivity index (χ3n) is 4.63. The van der Waals surface area contributed by atoms with Crippen LogP contribution in [0, 0.1) is 5.92 Å². The van der Waals surface area contributed by atoms with Crippen LogP contribution in [0.4, 0.5) is 0 Å². The first-order valence-electron chi connectivity index (χ1n) is 7.53. The van der Waals surface area contributed by atoms with Gasteiger partial charge < -0.3 is 0 Å². The number of carbonyl (C=O) groups is 1. The first kappa shape index (κ1) is 14.0. The molecule has 2 heteroatoms. The molecular weight excluding hydrogens is 258 g/mol. The van der Waals surface area contributed by atoms with Crippen molar-refractivity contribution in [3.8, 4) is 0 Å². The first-order valence-corrected chi connectivity index (χ1v) is 7.53. The van der Waals surface area contributed by atoms with Crippen LogP contribution < -0.4 is 0 Å². The number of hydrogen-bond acceptors (Lipinski definition) is 2. The maximum absolute atomic E-state index is 12.5. The van der Waals surface area contributed by atoms with Gasteiger partial charge in [0.05, 0.1) is 0 Å². The Kier molecular flexibility index (Phi) is 3.89. The maximum Gasteiger partial charge on any atom is 0.139 e. The van der Waals surface area contributed by atoms with Crippen molar-refractivity contribution in [3.63, 3.8) is 0 Å². The fourth-order valence-corrected chi connectivity index (χ4v) is 3.45. The molecule has 0 radical (unpaired) electrons. The molecule has 1 saturated heterocycles. The predicted molar refractivity (Wildman–Crippen MR) is 84.9 cm³/mol. The van der Waals surface area contributed by atoms with E-state index in [-0.39, 0.29) is 18.0 Å². The predicted octanol–water partition coefficient (Wildman–Crippen LogP) is 4.01. The lowest BCUT2D eigenvalue weighted by molar-refractivity contribution is -0.130. The number of Topliss-reactive ketones (excluding diaryl/α,β-unsaturated/α-hetero) is 1. The minimum Gasteiger partial charge on any atom is -0.299 e. The molecule has 1 fully saturated rings. The maximum atomic E-state index is 12.5. The molecule has 0 amide bonds. The van der Waals surface area contributed by atoms with Crippen LogP contribution in [0.3, 0.4) is 0 Å². The van der Waals surface area contributed by atoms with Gasteiger partial charge in [-0.1, -0.05) is 67.6 Å². The molecule has 0 spiro atoms. The molecule has 1 aliphatic heterocycles. The Hall–Kier alpha value is -1.93. The quantitative estimate of drug-likeness (QED) is 0.828. The summed E-state index contributed by atoms with van der Waals surface area (Å²) in [6, 6.07) is 21.0. The molecule has 3 atom stereocenters. The van der Waals surface area contributed by atoms with Crippen LogP contribution in [-0.2, 0) is 4.79 Å². The molecule has 1 heterocycles. The Balaban J connectivity index is 1.98. The summed E-state index contributed by atoms with van der Waals surface area (Å²) in [7, 11) is 2.14. The minimum absolute atomic E-state index is 0.0392. The Morgan fingerprint density at radius 3 is 2.00 bits per heavy atom. The van der Waals surface area contributed by atoms with Crippen LogP contribution in [0.25, 0.3) is 0 Å². The fourth-order valence-electron chi connectivity index (χ4n) is 3.45. The monoisotopic (exact) mass is 279 g/mol. The second-order valence-electron chi connectivity index (χ2n) is 5.91. The molecule has 0 saturated carbocycles. The normalized spacial score (nSPS) is 26.8. The van der Waals surface area contributed by atoms with Gasteiger partial charge in [-0.25, -0.2) is 0 Å². The van der Waals surface area contributed by atoms with Gasteiger partial charge in [-0.05, 0) is 18.2 Å². The summed E-state index contributed by atoms with van der Waals surface area (Å²) in [5, 5.41) is 0. The molecule has 0 bridgehead atoms. The highest BCUT2D eigenvalue weighted by atomic mass is 16.1. The number of benzene rings is 2. The van der Waals surface area contributed by atoms with Gasteiger partial charge >= 0.3 is 0 Å². The van der Waals surface area contributed by atoms with Crippen LogP contribution in [0.15, 0.2) is 60.7 Å². The van der Waals surface area contributed by atoms with E-state index in [1.807, 2.05) is 36.4 Å². The van der Waals surface area contributed by atoms with E-state index >= 15 is 0 Å². The lowest BCUT2D eigenvalue weighted by Crippen LogP contribution is -2.42. The van der Waals surface area contributed by atoms with Crippen molar-refractivity contribution in [2.24, 2.45) is 5.92 Å². The molecule has 1 aliphatic rings. The molecule has 0 aromatic heterocycles. The Morgan fingerprint density at radius 2 is 1.43 bits per heavy atom. The van der Waals surface area contributed by atoms with E-state index in [0.29, 0.717) is 12.2 Å². The highest BCUT2D eigenvalue weighted by Gasteiger charge is 2.39. The van der Waals surface area contributed by atoms with Crippen molar-refractivity contribution in [1.29, 1.82) is 0 Å². The van der Waals surface area contributed by atoms with Gasteiger partial charge in [-0.15, -0.1) is 0 Å². The summed E-state index contributed by atoms with van der Waals surface area (Å²) < 4.78 is 0. The largest absolute Gasteiger partial charge is 0.299 e. The van der Waals surface area contributed by atoms with Crippen LogP contribution >= 0.6 is 0 Å². The van der Waals surface area contributed by atoms with Gasteiger partial charge in [0.25, 0.3) is 0 Å². The molecule has 0 N–H and O–H groups in total. The van der Waals surface area contributed by atoms with Crippen molar-refractivity contribution in [1.82, 2.24) is 4.90 Å². The van der Waals surface area contributed by atoms with Crippen LogP contribution in [0.1, 0.15) is 36.6 Å². The summed E-state index contributed by atoms with van der Waals surface area (Å²) in [5.41, 5.74) is 2.45. The first-order chi connectivity index (χ1) is 10.2. The second-order valence-corrected chi connectivity index (χ2v) is 5.91. The van der Waals surface area contributed by atoms with E-state index in [9.17, 15) is 4.79 Å². The molecule has 2 aromatic carbocycles. The summed E-state index contributed by atoms with van der Waals surface area (Å²) in [5.74, 6) is 0.396. The second kappa shape index (κ2) is 5.82. The summed E-state index contributed by atoms with van der Waals surface area (Å²) >= 11 is 0. The summed E-state index contributed by atoms with van der Waals surface area (Å²) in [4.78, 5) is 14.8. The standard InChI is InChI=1S/C19H21NO/c1-14-18(21)13-17(15-9-5-3-6-10-15)20(2)19(14)16-11-7-4-8-12-16/h3-12,14,17,19H,13H2,1-2H3/t14-,17-,19+/m1/s1. The average molecular weight is 279 g/mol. The van der Waals surface area contributed by atoms with Crippen molar-refractivity contribution < 1.29 is 4.79 Å². The number of carbonyl (C=O) groups excluding carboxylic acids is 1. The van der Waals surface area contributed by atoms with Gasteiger partial charge in [-0.3, -0.25) is 9.69 Å². The Bertz CT molecular complexity index is 608. The number of nitrogens with zero attached hydrogens (tertiary/aromatic N) is 1. The molecule has 3 rings (SSSR count). The number of rotatable bonds is 2. The summed E-state index contributed by atoms with van der Waals surface area (Å²) in [6.07, 6.45) is 0.602. The van der Waals surface area contributed by atoms with Crippen molar-refractivity contribution in [3.05, 3.63) is 71.8 Å². The summed E-state index contributed by atoms with van der Waals surface area (Å²) in [6.45, 7) is 2.05. The van der Waals surface area contributed by atoms with Crippen molar-refractivity contribution >= 4 is 5.78 Å². The van der Waals surface area contributed by atoms with Crippen LogP contribution in [-0.4, -0.2) is 17.7 Å². The van der Waals surface area contributed by atoms with E-state index in [1.54, 1.807) is 0 Å². The zero-order chi connectivity index (χ0) is 14.8. The number of piperidine rings is 1. The van der Waals surface area contributed by atoms with E-state index < -0.39 is 0 Å². The third kappa shape index (κ3) is 2.64. The van der Waals surface area contributed by atoms with E-state index in [2.05, 4.69) is 43.1 Å². The molecule has 108 valence electrons. The van der Waals surface area contributed by atoms with Crippen molar-refractivity contribution in [2.75, 3.05) is 7.05 Å². The third-order valence-corrected chi connectivity index (χ3v) is 4.63. The number of hydrogen-bond donors (Lipinski definition) is 0. The van der Waals surface area contributed by atoms with E-state index in [4.69, 9.17) is 0 Å². The van der Waals surface area contributed by atoms with Crippen LogP contribution in [0.2, 0.25) is 0 Å². The molecule has 0 unspecified atom stereocenters. The van der Waals surface area contributed by atoms with E-state index in [1.165, 1.54) is 11.1 Å². The minimum atomic E-state index is 0.0392. The zero-order valence-corrected chi connectivity index (χ0v) is 12.6. The Labute approximate surface area is 126 Å². The smallest absolute Gasteiger partial charge is 0.139 e. The van der Waals surface area contributed by atoms with Gasteiger partial charge in [-0.2, -0.15) is 0 Å². The van der Waals surface area contributed by atoms with E-state index in [0.717, 1.165) is 0 Å². The van der Waals surface area contributed by atoms with Gasteiger partial charge in [0.1, 0.15) is 5.78 Å². The SMILES string of the molecule is C[C@@H]1C(=O)C[C@H](c2ccccc2)N(C)[C@@H]1c1ccccc1. The lowest BCUT2D eigenvalue weighted by atomic mass is 9.80. The number of ketones is 1. The topological polar surface area (TPSA) is 20.3 Å². The van der Waals surface area contributed by atoms with Gasteiger partial charge in [0, 0.05) is 24.4 Å². The average Bonchev–Trinajstić information content (AvgIpc) is 2.53. The van der Waals surface area contributed by atoms with Crippen LogP contribution in [0.5, 0.6) is 0 Å². The lowest BCUT2D eigenvalue weighted by Gasteiger charge is -2.43. The van der Waals surface area contributed by atoms with Crippen molar-refractivity contribution in [2.45, 2.75) is 25.4 Å². The molecule has 21 heavy (non-hydrogen) atoms. The highest BCUT2D eigenvalue weighted by Crippen LogP contribution is 2.41. The molecule has 0 aliphatic carbocycles. The van der Waals surface area contributed by atoms with Gasteiger partial charge in [0.2, 0.25) is 0 Å². The molecule has 2 aromatic rings. The molecule has 2 nitrogen and oxygen atoms in total. The Morgan fingerprint density at radius 1 is 0.905 bits per heavy atom. The van der Waals surface area contributed by atoms with Gasteiger partial charge in [0.15, 0.2) is 0 Å².